The third kappa shape index (κ3) is 9.76. The summed E-state index contributed by atoms with van der Waals surface area (Å²) in [7, 11) is 0. The lowest BCUT2D eigenvalue weighted by Crippen LogP contribution is -2.55. The number of ether oxygens (including phenoxy) is 4. The normalized spacial score (nSPS) is 19.0. The first-order valence-corrected chi connectivity index (χ1v) is 17.1. The fourth-order valence-electron chi connectivity index (χ4n) is 6.27. The standard InChI is InChI=1S/C43H43NO6/c45-39-27-26-38(44(28-33-16-6-1-7-17-33)43(46)50-32-37-24-14-5-15-25-37)40(47-29-34-18-8-2-9-19-34)42(49-31-36-22-12-4-13-23-36)41(39)48-30-35-20-10-3-11-21-35/h1-25,38,40-42H,26-32H2/t38-,40+,41+,42-/m1/s1. The van der Waals surface area contributed by atoms with Gasteiger partial charge in [-0.2, -0.15) is 0 Å². The molecule has 0 aliphatic heterocycles. The van der Waals surface area contributed by atoms with E-state index in [1.165, 1.54) is 0 Å². The minimum absolute atomic E-state index is 0.0906. The Morgan fingerprint density at radius 3 is 1.40 bits per heavy atom. The van der Waals surface area contributed by atoms with Crippen LogP contribution < -0.4 is 0 Å². The van der Waals surface area contributed by atoms with Gasteiger partial charge >= 0.3 is 6.09 Å². The maximum atomic E-state index is 14.2. The number of carbonyl (C=O) groups excluding carboxylic acids is 2. The predicted molar refractivity (Wildman–Crippen MR) is 192 cm³/mol. The second-order valence-electron chi connectivity index (χ2n) is 12.5. The second kappa shape index (κ2) is 18.1. The summed E-state index contributed by atoms with van der Waals surface area (Å²) < 4.78 is 26.0. The van der Waals surface area contributed by atoms with Crippen molar-refractivity contribution in [3.05, 3.63) is 179 Å². The first kappa shape index (κ1) is 34.8. The van der Waals surface area contributed by atoms with Crippen LogP contribution in [0.1, 0.15) is 40.7 Å². The van der Waals surface area contributed by atoms with Gasteiger partial charge in [0.1, 0.15) is 24.9 Å². The first-order valence-electron chi connectivity index (χ1n) is 17.1. The number of amides is 1. The van der Waals surface area contributed by atoms with Crippen molar-refractivity contribution in [2.45, 2.75) is 70.2 Å². The van der Waals surface area contributed by atoms with Crippen LogP contribution in [0.3, 0.4) is 0 Å². The number of nitrogens with zero attached hydrogens (tertiary/aromatic N) is 1. The Bertz CT molecular complexity index is 1740. The van der Waals surface area contributed by atoms with Crippen LogP contribution in [0.5, 0.6) is 0 Å². The summed E-state index contributed by atoms with van der Waals surface area (Å²) >= 11 is 0. The summed E-state index contributed by atoms with van der Waals surface area (Å²) in [4.78, 5) is 30.0. The van der Waals surface area contributed by atoms with Crippen molar-refractivity contribution in [3.8, 4) is 0 Å². The second-order valence-corrected chi connectivity index (χ2v) is 12.5. The summed E-state index contributed by atoms with van der Waals surface area (Å²) in [5.74, 6) is -0.0906. The lowest BCUT2D eigenvalue weighted by Gasteiger charge is -2.39. The minimum Gasteiger partial charge on any atom is -0.445 e. The fraction of sp³-hybridized carbons (Fsp3) is 0.256. The molecule has 0 unspecified atom stereocenters. The highest BCUT2D eigenvalue weighted by atomic mass is 16.6. The minimum atomic E-state index is -0.927. The molecule has 7 heteroatoms. The van der Waals surface area contributed by atoms with E-state index in [-0.39, 0.29) is 45.2 Å². The summed E-state index contributed by atoms with van der Waals surface area (Å²) in [6, 6.07) is 48.3. The van der Waals surface area contributed by atoms with E-state index in [0.717, 1.165) is 27.8 Å². The molecule has 0 heterocycles. The zero-order valence-corrected chi connectivity index (χ0v) is 28.1. The Labute approximate surface area is 294 Å². The SMILES string of the molecule is O=C1CC[C@@H](N(Cc2ccccc2)C(=O)OCc2ccccc2)[C@H](OCc2ccccc2)[C@@H](OCc2ccccc2)[C@H]1OCc1ccccc1. The molecule has 6 rings (SSSR count). The molecular weight excluding hydrogens is 626 g/mol. The van der Waals surface area contributed by atoms with Gasteiger partial charge in [0, 0.05) is 13.0 Å². The predicted octanol–water partition coefficient (Wildman–Crippen LogP) is 8.31. The lowest BCUT2D eigenvalue weighted by molar-refractivity contribution is -0.171. The van der Waals surface area contributed by atoms with E-state index in [4.69, 9.17) is 18.9 Å². The number of carbonyl (C=O) groups is 2. The summed E-state index contributed by atoms with van der Waals surface area (Å²) in [6.45, 7) is 1.10. The van der Waals surface area contributed by atoms with Crippen LogP contribution in [0.15, 0.2) is 152 Å². The van der Waals surface area contributed by atoms with Gasteiger partial charge in [-0.15, -0.1) is 0 Å². The van der Waals surface area contributed by atoms with Crippen molar-refractivity contribution in [3.63, 3.8) is 0 Å². The van der Waals surface area contributed by atoms with Gasteiger partial charge < -0.3 is 18.9 Å². The molecule has 0 N–H and O–H groups in total. The highest BCUT2D eigenvalue weighted by Crippen LogP contribution is 2.31. The molecule has 1 amide bonds. The molecule has 256 valence electrons. The van der Waals surface area contributed by atoms with Crippen molar-refractivity contribution >= 4 is 11.9 Å². The van der Waals surface area contributed by atoms with E-state index in [1.54, 1.807) is 4.90 Å². The number of rotatable bonds is 14. The van der Waals surface area contributed by atoms with Crippen LogP contribution in [-0.4, -0.2) is 41.1 Å². The number of hydrogen-bond donors (Lipinski definition) is 0. The van der Waals surface area contributed by atoms with Crippen molar-refractivity contribution < 1.29 is 28.5 Å². The average molecular weight is 670 g/mol. The molecule has 0 spiro atoms. The van der Waals surface area contributed by atoms with Gasteiger partial charge in [0.25, 0.3) is 0 Å². The van der Waals surface area contributed by atoms with Gasteiger partial charge in [-0.1, -0.05) is 152 Å². The van der Waals surface area contributed by atoms with Crippen LogP contribution in [0.25, 0.3) is 0 Å². The molecule has 0 aromatic heterocycles. The van der Waals surface area contributed by atoms with Gasteiger partial charge in [-0.25, -0.2) is 4.79 Å². The van der Waals surface area contributed by atoms with Crippen LogP contribution in [0.4, 0.5) is 4.79 Å². The van der Waals surface area contributed by atoms with E-state index in [1.807, 2.05) is 152 Å². The van der Waals surface area contributed by atoms with Crippen molar-refractivity contribution in [2.75, 3.05) is 0 Å². The highest BCUT2D eigenvalue weighted by Gasteiger charge is 2.47. The van der Waals surface area contributed by atoms with Gasteiger partial charge in [-0.3, -0.25) is 9.69 Å². The monoisotopic (exact) mass is 669 g/mol. The first-order chi connectivity index (χ1) is 24.6. The van der Waals surface area contributed by atoms with E-state index >= 15 is 0 Å². The van der Waals surface area contributed by atoms with E-state index in [2.05, 4.69) is 0 Å². The van der Waals surface area contributed by atoms with Crippen LogP contribution >= 0.6 is 0 Å². The molecule has 1 saturated carbocycles. The molecular formula is C43H43NO6. The molecule has 1 aliphatic rings. The molecule has 5 aromatic rings. The van der Waals surface area contributed by atoms with Crippen molar-refractivity contribution in [1.82, 2.24) is 4.90 Å². The molecule has 5 aromatic carbocycles. The Balaban J connectivity index is 1.37. The molecule has 4 atom stereocenters. The largest absolute Gasteiger partial charge is 0.445 e. The average Bonchev–Trinajstić information content (AvgIpc) is 3.30. The number of hydrogen-bond acceptors (Lipinski definition) is 6. The summed E-state index contributed by atoms with van der Waals surface area (Å²) in [5, 5.41) is 0. The molecule has 0 saturated heterocycles. The molecule has 1 fully saturated rings. The van der Waals surface area contributed by atoms with E-state index in [0.29, 0.717) is 6.42 Å². The van der Waals surface area contributed by atoms with Crippen LogP contribution in [-0.2, 0) is 56.7 Å². The summed E-state index contributed by atoms with van der Waals surface area (Å²) in [6.07, 6.45) is -2.46. The maximum Gasteiger partial charge on any atom is 0.410 e. The molecule has 50 heavy (non-hydrogen) atoms. The smallest absolute Gasteiger partial charge is 0.410 e. The van der Waals surface area contributed by atoms with Crippen molar-refractivity contribution in [1.29, 1.82) is 0 Å². The van der Waals surface area contributed by atoms with Gasteiger partial charge in [-0.05, 0) is 34.2 Å². The highest BCUT2D eigenvalue weighted by molar-refractivity contribution is 5.84. The Hall–Kier alpha value is -5.08. The quantitative estimate of drug-likeness (QED) is 0.111. The Morgan fingerprint density at radius 1 is 0.520 bits per heavy atom. The summed E-state index contributed by atoms with van der Waals surface area (Å²) in [5.41, 5.74) is 4.67. The number of ketones is 1. The molecule has 7 nitrogen and oxygen atoms in total. The zero-order valence-electron chi connectivity index (χ0n) is 28.1. The third-order valence-electron chi connectivity index (χ3n) is 8.88. The zero-order chi connectivity index (χ0) is 34.4. The molecule has 1 aliphatic carbocycles. The Morgan fingerprint density at radius 2 is 0.920 bits per heavy atom. The maximum absolute atomic E-state index is 14.2. The van der Waals surface area contributed by atoms with Crippen molar-refractivity contribution in [2.24, 2.45) is 0 Å². The van der Waals surface area contributed by atoms with Gasteiger partial charge in [0.15, 0.2) is 5.78 Å². The number of benzene rings is 5. The van der Waals surface area contributed by atoms with Crippen LogP contribution in [0, 0.1) is 0 Å². The van der Waals surface area contributed by atoms with Gasteiger partial charge in [0.2, 0.25) is 0 Å². The Kier molecular flexibility index (Phi) is 12.6. The third-order valence-corrected chi connectivity index (χ3v) is 8.88. The van der Waals surface area contributed by atoms with Crippen LogP contribution in [0.2, 0.25) is 0 Å². The number of Topliss-reactive ketones (excluding diaryl/α,β-unsaturated/α-hetero) is 1. The molecule has 0 radical (unpaired) electrons. The van der Waals surface area contributed by atoms with E-state index < -0.39 is 30.4 Å². The lowest BCUT2D eigenvalue weighted by atomic mass is 9.99. The van der Waals surface area contributed by atoms with E-state index in [9.17, 15) is 9.59 Å². The van der Waals surface area contributed by atoms with Gasteiger partial charge in [0.05, 0.1) is 25.9 Å². The topological polar surface area (TPSA) is 74.3 Å². The molecule has 0 bridgehead atoms. The fourth-order valence-corrected chi connectivity index (χ4v) is 6.27.